The second-order valence-electron chi connectivity index (χ2n) is 3.54. The van der Waals surface area contributed by atoms with Gasteiger partial charge in [0.25, 0.3) is 0 Å². The average Bonchev–Trinajstić information content (AvgIpc) is 2.35. The molecule has 0 aliphatic carbocycles. The standard InChI is InChI=1S/C11H16BrNO4S/c1-4-5-13-18(14,15)11-7-9(16-2)8(12)6-10(11)17-3/h6-7,13H,4-5H2,1-3H3. The lowest BCUT2D eigenvalue weighted by Gasteiger charge is -2.13. The van der Waals surface area contributed by atoms with Crippen molar-refractivity contribution in [3.8, 4) is 11.5 Å². The second-order valence-corrected chi connectivity index (χ2v) is 6.13. The van der Waals surface area contributed by atoms with E-state index in [0.717, 1.165) is 6.42 Å². The van der Waals surface area contributed by atoms with Gasteiger partial charge in [0.2, 0.25) is 10.0 Å². The third kappa shape index (κ3) is 3.37. The first kappa shape index (κ1) is 15.3. The Morgan fingerprint density at radius 1 is 1.22 bits per heavy atom. The van der Waals surface area contributed by atoms with Crippen LogP contribution in [0.25, 0.3) is 0 Å². The fraction of sp³-hybridized carbons (Fsp3) is 0.455. The Morgan fingerprint density at radius 3 is 2.33 bits per heavy atom. The highest BCUT2D eigenvalue weighted by Crippen LogP contribution is 2.35. The third-order valence-corrected chi connectivity index (χ3v) is 4.37. The molecule has 5 nitrogen and oxygen atoms in total. The van der Waals surface area contributed by atoms with Gasteiger partial charge >= 0.3 is 0 Å². The Morgan fingerprint density at radius 2 is 1.83 bits per heavy atom. The van der Waals surface area contributed by atoms with E-state index in [0.29, 0.717) is 16.8 Å². The number of benzene rings is 1. The Balaban J connectivity index is 3.29. The van der Waals surface area contributed by atoms with E-state index in [2.05, 4.69) is 20.7 Å². The van der Waals surface area contributed by atoms with E-state index >= 15 is 0 Å². The first-order valence-corrected chi connectivity index (χ1v) is 7.65. The molecule has 1 aromatic rings. The number of halogens is 1. The first-order chi connectivity index (χ1) is 8.46. The van der Waals surface area contributed by atoms with Gasteiger partial charge in [-0.2, -0.15) is 0 Å². The molecule has 0 atom stereocenters. The van der Waals surface area contributed by atoms with Crippen LogP contribution in [0.3, 0.4) is 0 Å². The molecule has 0 spiro atoms. The summed E-state index contributed by atoms with van der Waals surface area (Å²) in [7, 11) is -0.692. The van der Waals surface area contributed by atoms with Crippen LogP contribution >= 0.6 is 15.9 Å². The van der Waals surface area contributed by atoms with Crippen LogP contribution in [0.15, 0.2) is 21.5 Å². The molecular weight excluding hydrogens is 322 g/mol. The molecule has 0 saturated carbocycles. The van der Waals surface area contributed by atoms with Crippen LogP contribution < -0.4 is 14.2 Å². The zero-order valence-corrected chi connectivity index (χ0v) is 12.9. The van der Waals surface area contributed by atoms with Gasteiger partial charge in [-0.15, -0.1) is 0 Å². The maximum atomic E-state index is 12.1. The zero-order valence-electron chi connectivity index (χ0n) is 10.5. The molecule has 1 N–H and O–H groups in total. The summed E-state index contributed by atoms with van der Waals surface area (Å²) in [6.45, 7) is 2.27. The summed E-state index contributed by atoms with van der Waals surface area (Å²) < 4.78 is 37.5. The Bertz CT molecular complexity index is 516. The van der Waals surface area contributed by atoms with Gasteiger partial charge in [0, 0.05) is 12.6 Å². The zero-order chi connectivity index (χ0) is 13.8. The molecule has 0 aliphatic rings. The van der Waals surface area contributed by atoms with E-state index in [-0.39, 0.29) is 10.6 Å². The van der Waals surface area contributed by atoms with E-state index in [4.69, 9.17) is 9.47 Å². The highest BCUT2D eigenvalue weighted by Gasteiger charge is 2.21. The lowest BCUT2D eigenvalue weighted by atomic mass is 10.3. The summed E-state index contributed by atoms with van der Waals surface area (Å²) in [6.07, 6.45) is 0.717. The summed E-state index contributed by atoms with van der Waals surface area (Å²) >= 11 is 3.28. The predicted octanol–water partition coefficient (Wildman–Crippen LogP) is 2.15. The van der Waals surface area contributed by atoms with Gasteiger partial charge in [0.1, 0.15) is 16.4 Å². The third-order valence-electron chi connectivity index (χ3n) is 2.27. The molecule has 1 aromatic carbocycles. The van der Waals surface area contributed by atoms with Crippen molar-refractivity contribution in [3.63, 3.8) is 0 Å². The van der Waals surface area contributed by atoms with Crippen LogP contribution in [0.1, 0.15) is 13.3 Å². The molecule has 0 amide bonds. The molecule has 0 saturated heterocycles. The number of nitrogens with one attached hydrogen (secondary N) is 1. The molecule has 18 heavy (non-hydrogen) atoms. The van der Waals surface area contributed by atoms with Crippen molar-refractivity contribution in [3.05, 3.63) is 16.6 Å². The van der Waals surface area contributed by atoms with Gasteiger partial charge in [-0.1, -0.05) is 6.92 Å². The molecule has 0 bridgehead atoms. The highest BCUT2D eigenvalue weighted by atomic mass is 79.9. The number of hydrogen-bond acceptors (Lipinski definition) is 4. The van der Waals surface area contributed by atoms with Crippen molar-refractivity contribution in [2.24, 2.45) is 0 Å². The SMILES string of the molecule is CCCNS(=O)(=O)c1cc(OC)c(Br)cc1OC. The van der Waals surface area contributed by atoms with Crippen molar-refractivity contribution in [1.82, 2.24) is 4.72 Å². The first-order valence-electron chi connectivity index (χ1n) is 5.37. The predicted molar refractivity (Wildman–Crippen MR) is 72.7 cm³/mol. The van der Waals surface area contributed by atoms with Crippen LogP contribution in [0.4, 0.5) is 0 Å². The normalized spacial score (nSPS) is 11.3. The van der Waals surface area contributed by atoms with Gasteiger partial charge in [-0.25, -0.2) is 13.1 Å². The molecule has 102 valence electrons. The fourth-order valence-corrected chi connectivity index (χ4v) is 3.14. The van der Waals surface area contributed by atoms with Gasteiger partial charge in [0.15, 0.2) is 0 Å². The van der Waals surface area contributed by atoms with Gasteiger partial charge in [0.05, 0.1) is 18.7 Å². The van der Waals surface area contributed by atoms with E-state index < -0.39 is 10.0 Å². The summed E-state index contributed by atoms with van der Waals surface area (Å²) in [6, 6.07) is 3.00. The highest BCUT2D eigenvalue weighted by molar-refractivity contribution is 9.10. The van der Waals surface area contributed by atoms with Crippen molar-refractivity contribution < 1.29 is 17.9 Å². The van der Waals surface area contributed by atoms with Gasteiger partial charge in [-0.3, -0.25) is 0 Å². The van der Waals surface area contributed by atoms with Crippen molar-refractivity contribution in [1.29, 1.82) is 0 Å². The minimum Gasteiger partial charge on any atom is -0.496 e. The summed E-state index contributed by atoms with van der Waals surface area (Å²) in [5.41, 5.74) is 0. The van der Waals surface area contributed by atoms with Gasteiger partial charge < -0.3 is 9.47 Å². The molecule has 0 aromatic heterocycles. The molecule has 1 rings (SSSR count). The van der Waals surface area contributed by atoms with E-state index in [1.165, 1.54) is 20.3 Å². The molecule has 0 unspecified atom stereocenters. The van der Waals surface area contributed by atoms with Crippen molar-refractivity contribution in [2.45, 2.75) is 18.2 Å². The monoisotopic (exact) mass is 337 g/mol. The lowest BCUT2D eigenvalue weighted by molar-refractivity contribution is 0.390. The maximum absolute atomic E-state index is 12.1. The minimum atomic E-state index is -3.59. The summed E-state index contributed by atoms with van der Waals surface area (Å²) in [5.74, 6) is 0.707. The van der Waals surface area contributed by atoms with E-state index in [1.807, 2.05) is 6.92 Å². The van der Waals surface area contributed by atoms with Crippen LogP contribution in [-0.2, 0) is 10.0 Å². The Hall–Kier alpha value is -0.790. The van der Waals surface area contributed by atoms with E-state index in [9.17, 15) is 8.42 Å². The minimum absolute atomic E-state index is 0.0681. The topological polar surface area (TPSA) is 64.6 Å². The largest absolute Gasteiger partial charge is 0.496 e. The number of sulfonamides is 1. The molecule has 7 heteroatoms. The van der Waals surface area contributed by atoms with Crippen LogP contribution in [0.2, 0.25) is 0 Å². The van der Waals surface area contributed by atoms with Crippen LogP contribution in [0, 0.1) is 0 Å². The molecule has 0 fully saturated rings. The number of methoxy groups -OCH3 is 2. The Labute approximate surface area is 116 Å². The van der Waals surface area contributed by atoms with E-state index in [1.54, 1.807) is 6.07 Å². The second kappa shape index (κ2) is 6.40. The molecule has 0 radical (unpaired) electrons. The molecular formula is C11H16BrNO4S. The average molecular weight is 338 g/mol. The van der Waals surface area contributed by atoms with Gasteiger partial charge in [-0.05, 0) is 28.4 Å². The van der Waals surface area contributed by atoms with Crippen molar-refractivity contribution >= 4 is 26.0 Å². The quantitative estimate of drug-likeness (QED) is 0.863. The lowest BCUT2D eigenvalue weighted by Crippen LogP contribution is -2.24. The summed E-state index contributed by atoms with van der Waals surface area (Å²) in [5, 5.41) is 0. The van der Waals surface area contributed by atoms with Crippen LogP contribution in [-0.4, -0.2) is 29.2 Å². The van der Waals surface area contributed by atoms with Crippen LogP contribution in [0.5, 0.6) is 11.5 Å². The number of ether oxygens (including phenoxy) is 2. The number of rotatable bonds is 6. The molecule has 0 aliphatic heterocycles. The maximum Gasteiger partial charge on any atom is 0.244 e. The smallest absolute Gasteiger partial charge is 0.244 e. The number of hydrogen-bond donors (Lipinski definition) is 1. The molecule has 0 heterocycles. The fourth-order valence-electron chi connectivity index (χ4n) is 1.36. The van der Waals surface area contributed by atoms with Crippen molar-refractivity contribution in [2.75, 3.05) is 20.8 Å². The summed E-state index contributed by atoms with van der Waals surface area (Å²) in [4.78, 5) is 0.0681. The Kier molecular flexibility index (Phi) is 5.43.